The van der Waals surface area contributed by atoms with Crippen LogP contribution in [0.15, 0.2) is 24.3 Å². The van der Waals surface area contributed by atoms with Crippen molar-refractivity contribution in [1.82, 2.24) is 5.32 Å². The van der Waals surface area contributed by atoms with Crippen LogP contribution in [-0.4, -0.2) is 20.2 Å². The minimum absolute atomic E-state index is 0.721. The first-order chi connectivity index (χ1) is 9.65. The molecule has 2 heteroatoms. The van der Waals surface area contributed by atoms with Crippen molar-refractivity contribution in [2.24, 2.45) is 11.8 Å². The molecular weight excluding hydrogens is 246 g/mol. The Morgan fingerprint density at radius 1 is 1.20 bits per heavy atom. The van der Waals surface area contributed by atoms with E-state index in [1.807, 2.05) is 6.07 Å². The van der Waals surface area contributed by atoms with E-state index in [1.54, 1.807) is 7.11 Å². The first-order valence-electron chi connectivity index (χ1n) is 7.99. The molecule has 1 aromatic carbocycles. The van der Waals surface area contributed by atoms with Gasteiger partial charge in [0.2, 0.25) is 0 Å². The lowest BCUT2D eigenvalue weighted by molar-refractivity contribution is 0.405. The predicted molar refractivity (Wildman–Crippen MR) is 87.4 cm³/mol. The number of rotatable bonds is 10. The zero-order valence-corrected chi connectivity index (χ0v) is 13.6. The quantitative estimate of drug-likeness (QED) is 0.689. The van der Waals surface area contributed by atoms with Crippen LogP contribution >= 0.6 is 0 Å². The first kappa shape index (κ1) is 17.0. The smallest absolute Gasteiger partial charge is 0.119 e. The van der Waals surface area contributed by atoms with Gasteiger partial charge in [0, 0.05) is 0 Å². The fraction of sp³-hybridized carbons (Fsp3) is 0.667. The number of hydrogen-bond donors (Lipinski definition) is 1. The van der Waals surface area contributed by atoms with Crippen molar-refractivity contribution in [2.75, 3.05) is 20.2 Å². The minimum atomic E-state index is 0.721. The summed E-state index contributed by atoms with van der Waals surface area (Å²) in [7, 11) is 1.73. The third-order valence-corrected chi connectivity index (χ3v) is 3.61. The van der Waals surface area contributed by atoms with Crippen molar-refractivity contribution in [2.45, 2.75) is 46.5 Å². The molecule has 1 N–H and O–H groups in total. The third kappa shape index (κ3) is 6.95. The number of unbranched alkanes of at least 4 members (excludes halogenated alkanes) is 1. The van der Waals surface area contributed by atoms with Crippen LogP contribution in [-0.2, 0) is 6.42 Å². The standard InChI is InChI=1S/C18H31NO/c1-5-6-8-17(14-19-13-15(2)3)11-16-9-7-10-18(12-16)20-4/h7,9-10,12,15,17,19H,5-6,8,11,13-14H2,1-4H3. The van der Waals surface area contributed by atoms with E-state index in [2.05, 4.69) is 44.3 Å². The van der Waals surface area contributed by atoms with Gasteiger partial charge in [-0.15, -0.1) is 0 Å². The maximum Gasteiger partial charge on any atom is 0.119 e. The SMILES string of the molecule is CCCCC(CNCC(C)C)Cc1cccc(OC)c1. The molecule has 0 saturated carbocycles. The molecule has 0 saturated heterocycles. The van der Waals surface area contributed by atoms with Gasteiger partial charge in [0.15, 0.2) is 0 Å². The Kier molecular flexibility index (Phi) is 8.36. The first-order valence-corrected chi connectivity index (χ1v) is 7.99. The second kappa shape index (κ2) is 9.82. The van der Waals surface area contributed by atoms with Crippen LogP contribution in [0.2, 0.25) is 0 Å². The number of hydrogen-bond acceptors (Lipinski definition) is 2. The average Bonchev–Trinajstić information content (AvgIpc) is 2.44. The van der Waals surface area contributed by atoms with Crippen LogP contribution in [0.3, 0.4) is 0 Å². The van der Waals surface area contributed by atoms with Gasteiger partial charge in [0.05, 0.1) is 7.11 Å². The zero-order valence-electron chi connectivity index (χ0n) is 13.6. The Bertz CT molecular complexity index is 362. The fourth-order valence-corrected chi connectivity index (χ4v) is 2.48. The summed E-state index contributed by atoms with van der Waals surface area (Å²) in [4.78, 5) is 0. The molecule has 20 heavy (non-hydrogen) atoms. The Morgan fingerprint density at radius 2 is 2.00 bits per heavy atom. The Morgan fingerprint density at radius 3 is 2.65 bits per heavy atom. The lowest BCUT2D eigenvalue weighted by atomic mass is 9.94. The monoisotopic (exact) mass is 277 g/mol. The maximum absolute atomic E-state index is 5.31. The number of nitrogens with one attached hydrogen (secondary N) is 1. The second-order valence-electron chi connectivity index (χ2n) is 6.12. The van der Waals surface area contributed by atoms with E-state index < -0.39 is 0 Å². The average molecular weight is 277 g/mol. The summed E-state index contributed by atoms with van der Waals surface area (Å²) in [5.74, 6) is 2.41. The van der Waals surface area contributed by atoms with Gasteiger partial charge in [-0.05, 0) is 55.5 Å². The fourth-order valence-electron chi connectivity index (χ4n) is 2.48. The lowest BCUT2D eigenvalue weighted by Gasteiger charge is -2.19. The molecule has 0 amide bonds. The van der Waals surface area contributed by atoms with E-state index >= 15 is 0 Å². The van der Waals surface area contributed by atoms with Crippen LogP contribution in [0.4, 0.5) is 0 Å². The molecule has 0 aliphatic carbocycles. The predicted octanol–water partition coefficient (Wildman–Crippen LogP) is 4.29. The van der Waals surface area contributed by atoms with Gasteiger partial charge in [-0.3, -0.25) is 0 Å². The molecule has 1 aromatic rings. The van der Waals surface area contributed by atoms with Crippen molar-refractivity contribution in [3.8, 4) is 5.75 Å². The maximum atomic E-state index is 5.31. The molecule has 1 atom stereocenters. The second-order valence-corrected chi connectivity index (χ2v) is 6.12. The Labute approximate surface area is 124 Å². The van der Waals surface area contributed by atoms with Crippen molar-refractivity contribution in [3.63, 3.8) is 0 Å². The highest BCUT2D eigenvalue weighted by molar-refractivity contribution is 5.28. The number of methoxy groups -OCH3 is 1. The molecule has 0 aromatic heterocycles. The molecule has 0 bridgehead atoms. The van der Waals surface area contributed by atoms with Crippen molar-refractivity contribution >= 4 is 0 Å². The third-order valence-electron chi connectivity index (χ3n) is 3.61. The molecule has 114 valence electrons. The van der Waals surface area contributed by atoms with E-state index in [0.29, 0.717) is 0 Å². The molecule has 2 nitrogen and oxygen atoms in total. The Hall–Kier alpha value is -1.02. The van der Waals surface area contributed by atoms with Crippen LogP contribution in [0.25, 0.3) is 0 Å². The van der Waals surface area contributed by atoms with E-state index in [1.165, 1.54) is 24.8 Å². The summed E-state index contributed by atoms with van der Waals surface area (Å²) in [6.45, 7) is 9.02. The van der Waals surface area contributed by atoms with Crippen LogP contribution in [0, 0.1) is 11.8 Å². The number of ether oxygens (including phenoxy) is 1. The van der Waals surface area contributed by atoms with Crippen LogP contribution in [0.5, 0.6) is 5.75 Å². The molecule has 0 spiro atoms. The van der Waals surface area contributed by atoms with Crippen molar-refractivity contribution in [3.05, 3.63) is 29.8 Å². The van der Waals surface area contributed by atoms with Crippen molar-refractivity contribution < 1.29 is 4.74 Å². The summed E-state index contributed by atoms with van der Waals surface area (Å²) in [5.41, 5.74) is 1.39. The summed E-state index contributed by atoms with van der Waals surface area (Å²) >= 11 is 0. The topological polar surface area (TPSA) is 21.3 Å². The van der Waals surface area contributed by atoms with Crippen LogP contribution < -0.4 is 10.1 Å². The van der Waals surface area contributed by atoms with Gasteiger partial charge in [0.1, 0.15) is 5.75 Å². The van der Waals surface area contributed by atoms with E-state index in [0.717, 1.165) is 37.1 Å². The minimum Gasteiger partial charge on any atom is -0.497 e. The molecule has 0 heterocycles. The van der Waals surface area contributed by atoms with Gasteiger partial charge in [-0.1, -0.05) is 45.7 Å². The summed E-state index contributed by atoms with van der Waals surface area (Å²) in [6, 6.07) is 8.49. The normalized spacial score (nSPS) is 12.7. The molecule has 0 aliphatic rings. The molecule has 0 aliphatic heterocycles. The van der Waals surface area contributed by atoms with Crippen molar-refractivity contribution in [1.29, 1.82) is 0 Å². The van der Waals surface area contributed by atoms with Gasteiger partial charge >= 0.3 is 0 Å². The van der Waals surface area contributed by atoms with Gasteiger partial charge in [-0.25, -0.2) is 0 Å². The highest BCUT2D eigenvalue weighted by atomic mass is 16.5. The lowest BCUT2D eigenvalue weighted by Crippen LogP contribution is -2.27. The zero-order chi connectivity index (χ0) is 14.8. The van der Waals surface area contributed by atoms with E-state index in [9.17, 15) is 0 Å². The Balaban J connectivity index is 2.53. The van der Waals surface area contributed by atoms with E-state index in [4.69, 9.17) is 4.74 Å². The molecule has 1 rings (SSSR count). The number of benzene rings is 1. The molecule has 0 radical (unpaired) electrons. The molecular formula is C18H31NO. The summed E-state index contributed by atoms with van der Waals surface area (Å²) in [5, 5.41) is 3.61. The molecule has 1 unspecified atom stereocenters. The highest BCUT2D eigenvalue weighted by Crippen LogP contribution is 2.19. The summed E-state index contributed by atoms with van der Waals surface area (Å²) < 4.78 is 5.31. The highest BCUT2D eigenvalue weighted by Gasteiger charge is 2.10. The van der Waals surface area contributed by atoms with Gasteiger partial charge in [0.25, 0.3) is 0 Å². The summed E-state index contributed by atoms with van der Waals surface area (Å²) in [6.07, 6.45) is 5.04. The molecule has 0 fully saturated rings. The van der Waals surface area contributed by atoms with Gasteiger partial charge < -0.3 is 10.1 Å². The van der Waals surface area contributed by atoms with Crippen LogP contribution in [0.1, 0.15) is 45.6 Å². The van der Waals surface area contributed by atoms with Gasteiger partial charge in [-0.2, -0.15) is 0 Å². The van der Waals surface area contributed by atoms with E-state index in [-0.39, 0.29) is 0 Å². The largest absolute Gasteiger partial charge is 0.497 e.